The van der Waals surface area contributed by atoms with Gasteiger partial charge in [0, 0.05) is 9.13 Å². The number of hydrogen-bond donors (Lipinski definition) is 1. The van der Waals surface area contributed by atoms with Gasteiger partial charge >= 0.3 is 5.97 Å². The van der Waals surface area contributed by atoms with Crippen LogP contribution in [0.15, 0.2) is 48.5 Å². The molecular weight excluding hydrogens is 315 g/mol. The molecule has 0 bridgehead atoms. The second-order valence-electron chi connectivity index (χ2n) is 3.33. The maximum atomic E-state index is 11.1. The van der Waals surface area contributed by atoms with E-state index in [1.54, 1.807) is 12.1 Å². The lowest BCUT2D eigenvalue weighted by molar-refractivity contribution is 0.0697. The van der Waals surface area contributed by atoms with Gasteiger partial charge < -0.3 is 5.11 Å². The third-order valence-corrected chi connectivity index (χ3v) is 3.21. The van der Waals surface area contributed by atoms with Crippen LogP contribution in [0.4, 0.5) is 0 Å². The molecule has 0 aliphatic rings. The van der Waals surface area contributed by atoms with Gasteiger partial charge in [0.1, 0.15) is 0 Å². The van der Waals surface area contributed by atoms with E-state index in [9.17, 15) is 4.79 Å². The van der Waals surface area contributed by atoms with E-state index in [-0.39, 0.29) is 0 Å². The SMILES string of the molecule is O=C(O)c1cccc(I)c1-c1ccccc1. The highest BCUT2D eigenvalue weighted by molar-refractivity contribution is 14.1. The zero-order chi connectivity index (χ0) is 11.5. The summed E-state index contributed by atoms with van der Waals surface area (Å²) in [6.45, 7) is 0. The van der Waals surface area contributed by atoms with Gasteiger partial charge in [-0.25, -0.2) is 4.79 Å². The minimum Gasteiger partial charge on any atom is -0.478 e. The van der Waals surface area contributed by atoms with Gasteiger partial charge in [0.05, 0.1) is 5.56 Å². The monoisotopic (exact) mass is 324 g/mol. The first-order valence-electron chi connectivity index (χ1n) is 4.77. The summed E-state index contributed by atoms with van der Waals surface area (Å²) < 4.78 is 0.948. The summed E-state index contributed by atoms with van der Waals surface area (Å²) in [6, 6.07) is 14.9. The number of benzene rings is 2. The normalized spacial score (nSPS) is 10.1. The molecule has 0 amide bonds. The highest BCUT2D eigenvalue weighted by Crippen LogP contribution is 2.28. The number of aromatic carboxylic acids is 1. The highest BCUT2D eigenvalue weighted by Gasteiger charge is 2.13. The van der Waals surface area contributed by atoms with Crippen LogP contribution in [-0.2, 0) is 0 Å². The topological polar surface area (TPSA) is 37.3 Å². The zero-order valence-corrected chi connectivity index (χ0v) is 10.5. The highest BCUT2D eigenvalue weighted by atomic mass is 127. The molecule has 0 heterocycles. The molecule has 0 atom stereocenters. The molecule has 0 saturated heterocycles. The molecule has 2 aromatic rings. The lowest BCUT2D eigenvalue weighted by Gasteiger charge is -2.08. The van der Waals surface area contributed by atoms with Gasteiger partial charge in [0.15, 0.2) is 0 Å². The first-order valence-corrected chi connectivity index (χ1v) is 5.85. The lowest BCUT2D eigenvalue weighted by Crippen LogP contribution is -2.00. The van der Waals surface area contributed by atoms with Crippen LogP contribution in [0.3, 0.4) is 0 Å². The Morgan fingerprint density at radius 2 is 1.69 bits per heavy atom. The maximum Gasteiger partial charge on any atom is 0.336 e. The van der Waals surface area contributed by atoms with Crippen molar-refractivity contribution in [3.8, 4) is 11.1 Å². The lowest BCUT2D eigenvalue weighted by atomic mass is 10.00. The van der Waals surface area contributed by atoms with E-state index >= 15 is 0 Å². The number of carbonyl (C=O) groups is 1. The van der Waals surface area contributed by atoms with Crippen molar-refractivity contribution >= 4 is 28.6 Å². The predicted molar refractivity (Wildman–Crippen MR) is 71.6 cm³/mol. The molecule has 2 rings (SSSR count). The van der Waals surface area contributed by atoms with Crippen molar-refractivity contribution < 1.29 is 9.90 Å². The molecule has 16 heavy (non-hydrogen) atoms. The van der Waals surface area contributed by atoms with Crippen LogP contribution in [0.25, 0.3) is 11.1 Å². The van der Waals surface area contributed by atoms with Gasteiger partial charge in [-0.15, -0.1) is 0 Å². The standard InChI is InChI=1S/C13H9IO2/c14-11-8-4-7-10(13(15)16)12(11)9-5-2-1-3-6-9/h1-8H,(H,15,16). The van der Waals surface area contributed by atoms with Gasteiger partial charge in [0.25, 0.3) is 0 Å². The molecule has 0 aliphatic carbocycles. The van der Waals surface area contributed by atoms with Gasteiger partial charge in [-0.3, -0.25) is 0 Å². The van der Waals surface area contributed by atoms with E-state index in [4.69, 9.17) is 5.11 Å². The first-order chi connectivity index (χ1) is 7.70. The van der Waals surface area contributed by atoms with Crippen LogP contribution in [0.5, 0.6) is 0 Å². The van der Waals surface area contributed by atoms with Gasteiger partial charge in [-0.05, 0) is 40.3 Å². The number of carboxylic acid groups (broad SMARTS) is 1. The van der Waals surface area contributed by atoms with Crippen LogP contribution < -0.4 is 0 Å². The molecule has 0 aromatic heterocycles. The number of rotatable bonds is 2. The van der Waals surface area contributed by atoms with Crippen molar-refractivity contribution in [2.24, 2.45) is 0 Å². The van der Waals surface area contributed by atoms with Crippen molar-refractivity contribution in [3.05, 3.63) is 57.7 Å². The Labute approximate surface area is 107 Å². The van der Waals surface area contributed by atoms with Crippen LogP contribution in [0.1, 0.15) is 10.4 Å². The fraction of sp³-hybridized carbons (Fsp3) is 0. The quantitative estimate of drug-likeness (QED) is 0.856. The number of carboxylic acids is 1. The Kier molecular flexibility index (Phi) is 3.24. The second kappa shape index (κ2) is 4.65. The summed E-state index contributed by atoms with van der Waals surface area (Å²) in [4.78, 5) is 11.1. The molecule has 0 unspecified atom stereocenters. The summed E-state index contributed by atoms with van der Waals surface area (Å²) in [7, 11) is 0. The fourth-order valence-electron chi connectivity index (χ4n) is 1.60. The Hall–Kier alpha value is -1.36. The molecule has 2 nitrogen and oxygen atoms in total. The third-order valence-electron chi connectivity index (χ3n) is 2.31. The van der Waals surface area contributed by atoms with E-state index < -0.39 is 5.97 Å². The smallest absolute Gasteiger partial charge is 0.336 e. The van der Waals surface area contributed by atoms with Crippen LogP contribution in [0, 0.1) is 3.57 Å². The minimum atomic E-state index is -0.891. The largest absolute Gasteiger partial charge is 0.478 e. The Morgan fingerprint density at radius 1 is 1.00 bits per heavy atom. The van der Waals surface area contributed by atoms with Crippen molar-refractivity contribution in [2.75, 3.05) is 0 Å². The van der Waals surface area contributed by atoms with Crippen molar-refractivity contribution in [1.29, 1.82) is 0 Å². The molecule has 3 heteroatoms. The molecule has 2 aromatic carbocycles. The van der Waals surface area contributed by atoms with E-state index in [0.717, 1.165) is 14.7 Å². The molecule has 80 valence electrons. The predicted octanol–water partition coefficient (Wildman–Crippen LogP) is 3.66. The van der Waals surface area contributed by atoms with Gasteiger partial charge in [0.2, 0.25) is 0 Å². The average molecular weight is 324 g/mol. The molecular formula is C13H9IO2. The van der Waals surface area contributed by atoms with E-state index in [1.807, 2.05) is 36.4 Å². The van der Waals surface area contributed by atoms with Crippen LogP contribution >= 0.6 is 22.6 Å². The van der Waals surface area contributed by atoms with Crippen molar-refractivity contribution in [1.82, 2.24) is 0 Å². The van der Waals surface area contributed by atoms with Crippen LogP contribution in [-0.4, -0.2) is 11.1 Å². The molecule has 0 spiro atoms. The van der Waals surface area contributed by atoms with E-state index in [2.05, 4.69) is 22.6 Å². The van der Waals surface area contributed by atoms with Gasteiger partial charge in [-0.1, -0.05) is 36.4 Å². The van der Waals surface area contributed by atoms with Crippen molar-refractivity contribution in [2.45, 2.75) is 0 Å². The third kappa shape index (κ3) is 2.09. The molecule has 0 fully saturated rings. The summed E-state index contributed by atoms with van der Waals surface area (Å²) in [5, 5.41) is 9.15. The average Bonchev–Trinajstić information content (AvgIpc) is 2.29. The zero-order valence-electron chi connectivity index (χ0n) is 8.35. The molecule has 0 saturated carbocycles. The number of hydrogen-bond acceptors (Lipinski definition) is 1. The summed E-state index contributed by atoms with van der Waals surface area (Å²) in [5.41, 5.74) is 2.07. The summed E-state index contributed by atoms with van der Waals surface area (Å²) in [5.74, 6) is -0.891. The fourth-order valence-corrected chi connectivity index (χ4v) is 2.41. The summed E-state index contributed by atoms with van der Waals surface area (Å²) >= 11 is 2.16. The Morgan fingerprint density at radius 3 is 2.31 bits per heavy atom. The molecule has 1 N–H and O–H groups in total. The van der Waals surface area contributed by atoms with Crippen molar-refractivity contribution in [3.63, 3.8) is 0 Å². The minimum absolute atomic E-state index is 0.345. The molecule has 0 radical (unpaired) electrons. The van der Waals surface area contributed by atoms with E-state index in [1.165, 1.54) is 0 Å². The maximum absolute atomic E-state index is 11.1. The summed E-state index contributed by atoms with van der Waals surface area (Å²) in [6.07, 6.45) is 0. The Balaban J connectivity index is 2.68. The second-order valence-corrected chi connectivity index (χ2v) is 4.50. The van der Waals surface area contributed by atoms with Gasteiger partial charge in [-0.2, -0.15) is 0 Å². The van der Waals surface area contributed by atoms with E-state index in [0.29, 0.717) is 5.56 Å². The first kappa shape index (κ1) is 11.1. The molecule has 0 aliphatic heterocycles. The Bertz CT molecular complexity index is 521. The number of halogens is 1. The van der Waals surface area contributed by atoms with Crippen LogP contribution in [0.2, 0.25) is 0 Å².